The first-order valence-corrected chi connectivity index (χ1v) is 21.4. The Morgan fingerprint density at radius 2 is 0.827 bits per heavy atom. The molecule has 1 atom stereocenters. The van der Waals surface area contributed by atoms with Gasteiger partial charge in [0.1, 0.15) is 0 Å². The summed E-state index contributed by atoms with van der Waals surface area (Å²) < 4.78 is 5.00. The number of hydrogen-bond acceptors (Lipinski definition) is 5. The molecule has 0 amide bonds. The number of esters is 1. The molecule has 0 fully saturated rings. The van der Waals surface area contributed by atoms with E-state index in [0.717, 1.165) is 38.5 Å². The van der Waals surface area contributed by atoms with Crippen LogP contribution < -0.4 is 0 Å². The SMILES string of the molecule is CCCCCCCC/C=C\CCCCCCCCOC(=O)CCC(=O)O.CCCCCCCCC=CCCCCCCCCC(CC(=O)O)C(=O)O. The predicted octanol–water partition coefficient (Wildman–Crippen LogP) is 13.0. The first-order chi connectivity index (χ1) is 25.2. The van der Waals surface area contributed by atoms with Crippen molar-refractivity contribution in [2.24, 2.45) is 5.92 Å². The highest BCUT2D eigenvalue weighted by molar-refractivity contribution is 5.77. The normalized spacial score (nSPS) is 11.8. The lowest BCUT2D eigenvalue weighted by atomic mass is 9.97. The van der Waals surface area contributed by atoms with Crippen molar-refractivity contribution in [1.29, 1.82) is 0 Å². The lowest BCUT2D eigenvalue weighted by molar-refractivity contribution is -0.148. The van der Waals surface area contributed by atoms with Gasteiger partial charge in [-0.1, -0.05) is 160 Å². The fraction of sp³-hybridized carbons (Fsp3) is 0.818. The lowest BCUT2D eigenvalue weighted by Crippen LogP contribution is -2.17. The molecule has 8 nitrogen and oxygen atoms in total. The summed E-state index contributed by atoms with van der Waals surface area (Å²) in [5.41, 5.74) is 0. The van der Waals surface area contributed by atoms with Crippen LogP contribution >= 0.6 is 0 Å². The van der Waals surface area contributed by atoms with E-state index in [1.807, 2.05) is 0 Å². The highest BCUT2D eigenvalue weighted by atomic mass is 16.5. The summed E-state index contributed by atoms with van der Waals surface area (Å²) >= 11 is 0. The molecule has 0 aromatic heterocycles. The number of ether oxygens (including phenoxy) is 1. The van der Waals surface area contributed by atoms with Crippen molar-refractivity contribution in [2.45, 2.75) is 219 Å². The minimum absolute atomic E-state index is 0.0261. The highest BCUT2D eigenvalue weighted by Gasteiger charge is 2.20. The number of rotatable bonds is 38. The van der Waals surface area contributed by atoms with Crippen molar-refractivity contribution in [3.8, 4) is 0 Å². The molecule has 0 rings (SSSR count). The van der Waals surface area contributed by atoms with Gasteiger partial charge < -0.3 is 20.1 Å². The van der Waals surface area contributed by atoms with E-state index in [1.165, 1.54) is 141 Å². The molecule has 0 heterocycles. The average molecular weight is 737 g/mol. The highest BCUT2D eigenvalue weighted by Crippen LogP contribution is 2.16. The van der Waals surface area contributed by atoms with Crippen LogP contribution in [-0.2, 0) is 23.9 Å². The van der Waals surface area contributed by atoms with Crippen molar-refractivity contribution in [3.05, 3.63) is 24.3 Å². The summed E-state index contributed by atoms with van der Waals surface area (Å²) in [6.07, 6.45) is 43.9. The van der Waals surface area contributed by atoms with Gasteiger partial charge in [-0.3, -0.25) is 19.2 Å². The Bertz CT molecular complexity index is 879. The molecule has 0 bridgehead atoms. The molecule has 0 aromatic rings. The van der Waals surface area contributed by atoms with E-state index in [4.69, 9.17) is 20.1 Å². The van der Waals surface area contributed by atoms with Gasteiger partial charge in [0.15, 0.2) is 0 Å². The number of carboxylic acids is 3. The van der Waals surface area contributed by atoms with E-state index in [-0.39, 0.29) is 19.3 Å². The summed E-state index contributed by atoms with van der Waals surface area (Å²) in [4.78, 5) is 43.1. The molecule has 0 aliphatic rings. The number of hydrogen-bond donors (Lipinski definition) is 3. The van der Waals surface area contributed by atoms with Crippen LogP contribution in [0.2, 0.25) is 0 Å². The maximum absolute atomic E-state index is 11.2. The zero-order valence-corrected chi connectivity index (χ0v) is 33.6. The molecule has 8 heteroatoms. The Kier molecular flexibility index (Phi) is 42.3. The first-order valence-electron chi connectivity index (χ1n) is 21.4. The zero-order valence-electron chi connectivity index (χ0n) is 33.6. The van der Waals surface area contributed by atoms with Crippen LogP contribution in [0.5, 0.6) is 0 Å². The van der Waals surface area contributed by atoms with E-state index in [0.29, 0.717) is 13.0 Å². The third-order valence-electron chi connectivity index (χ3n) is 9.30. The number of carbonyl (C=O) groups is 4. The maximum atomic E-state index is 11.2. The molecule has 0 aliphatic heterocycles. The third-order valence-corrected chi connectivity index (χ3v) is 9.30. The summed E-state index contributed by atoms with van der Waals surface area (Å²) in [6.45, 7) is 4.92. The molecule has 0 aliphatic carbocycles. The fourth-order valence-electron chi connectivity index (χ4n) is 5.98. The number of aliphatic carboxylic acids is 3. The van der Waals surface area contributed by atoms with Gasteiger partial charge in [-0.25, -0.2) is 0 Å². The Morgan fingerprint density at radius 3 is 1.19 bits per heavy atom. The number of allylic oxidation sites excluding steroid dienone is 4. The Balaban J connectivity index is 0. The van der Waals surface area contributed by atoms with E-state index in [9.17, 15) is 19.2 Å². The Morgan fingerprint density at radius 1 is 0.462 bits per heavy atom. The fourth-order valence-corrected chi connectivity index (χ4v) is 5.98. The van der Waals surface area contributed by atoms with Gasteiger partial charge >= 0.3 is 23.9 Å². The second-order valence-electron chi connectivity index (χ2n) is 14.4. The van der Waals surface area contributed by atoms with E-state index in [1.54, 1.807) is 0 Å². The topological polar surface area (TPSA) is 138 Å². The van der Waals surface area contributed by atoms with Gasteiger partial charge in [0.25, 0.3) is 0 Å². The molecule has 0 radical (unpaired) electrons. The molecule has 0 saturated carbocycles. The second-order valence-corrected chi connectivity index (χ2v) is 14.4. The van der Waals surface area contributed by atoms with Gasteiger partial charge in [-0.05, 0) is 64.2 Å². The molecular weight excluding hydrogens is 656 g/mol. The minimum Gasteiger partial charge on any atom is -0.481 e. The second kappa shape index (κ2) is 42.8. The van der Waals surface area contributed by atoms with E-state index in [2.05, 4.69) is 38.2 Å². The summed E-state index contributed by atoms with van der Waals surface area (Å²) in [5, 5.41) is 26.1. The summed E-state index contributed by atoms with van der Waals surface area (Å²) in [5.74, 6) is -4.11. The van der Waals surface area contributed by atoms with Gasteiger partial charge in [-0.2, -0.15) is 0 Å². The minimum atomic E-state index is -1.03. The molecule has 0 aromatic carbocycles. The van der Waals surface area contributed by atoms with E-state index < -0.39 is 29.8 Å². The molecule has 0 spiro atoms. The van der Waals surface area contributed by atoms with Gasteiger partial charge in [0.2, 0.25) is 0 Å². The summed E-state index contributed by atoms with van der Waals surface area (Å²) in [7, 11) is 0. The molecule has 0 saturated heterocycles. The zero-order chi connectivity index (χ0) is 38.8. The molecular formula is C44H80O8. The largest absolute Gasteiger partial charge is 0.481 e. The van der Waals surface area contributed by atoms with Crippen molar-refractivity contribution in [3.63, 3.8) is 0 Å². The number of carboxylic acid groups (broad SMARTS) is 3. The first kappa shape index (κ1) is 51.5. The molecule has 304 valence electrons. The van der Waals surface area contributed by atoms with Crippen molar-refractivity contribution in [2.75, 3.05) is 6.61 Å². The monoisotopic (exact) mass is 737 g/mol. The predicted molar refractivity (Wildman–Crippen MR) is 215 cm³/mol. The van der Waals surface area contributed by atoms with Crippen LogP contribution in [0.15, 0.2) is 24.3 Å². The quantitative estimate of drug-likeness (QED) is 0.0323. The van der Waals surface area contributed by atoms with Crippen LogP contribution in [0.25, 0.3) is 0 Å². The van der Waals surface area contributed by atoms with Crippen LogP contribution in [-0.4, -0.2) is 45.8 Å². The smallest absolute Gasteiger partial charge is 0.307 e. The molecule has 1 unspecified atom stereocenters. The number of unbranched alkanes of at least 4 members (excludes halogenated alkanes) is 24. The standard InChI is InChI=1S/2C22H40O4/c1-2-3-4-5-6-7-8-9-10-11-12-13-14-15-16-17-20-26-22(25)19-18-21(23)24;1-2-3-4-5-6-7-8-9-10-11-12-13-14-15-16-17-18-20(22(25)26)19-21(23)24/h9-10H,2-8,11-20H2,1H3,(H,23,24);9-10,20H,2-8,11-19H2,1H3,(H,23,24)(H,25,26)/b10-9-;. The van der Waals surface area contributed by atoms with Crippen LogP contribution in [0.1, 0.15) is 219 Å². The van der Waals surface area contributed by atoms with Crippen LogP contribution in [0.4, 0.5) is 0 Å². The van der Waals surface area contributed by atoms with E-state index >= 15 is 0 Å². The van der Waals surface area contributed by atoms with Gasteiger partial charge in [0, 0.05) is 0 Å². The Labute approximate surface area is 318 Å². The van der Waals surface area contributed by atoms with Crippen molar-refractivity contribution < 1.29 is 39.2 Å². The summed E-state index contributed by atoms with van der Waals surface area (Å²) in [6, 6.07) is 0. The van der Waals surface area contributed by atoms with Crippen molar-refractivity contribution >= 4 is 23.9 Å². The lowest BCUT2D eigenvalue weighted by Gasteiger charge is -2.09. The van der Waals surface area contributed by atoms with Crippen LogP contribution in [0, 0.1) is 5.92 Å². The van der Waals surface area contributed by atoms with Gasteiger partial charge in [0.05, 0.1) is 31.8 Å². The van der Waals surface area contributed by atoms with Crippen LogP contribution in [0.3, 0.4) is 0 Å². The van der Waals surface area contributed by atoms with Crippen molar-refractivity contribution in [1.82, 2.24) is 0 Å². The maximum Gasteiger partial charge on any atom is 0.307 e. The molecule has 3 N–H and O–H groups in total. The Hall–Kier alpha value is -2.64. The van der Waals surface area contributed by atoms with Gasteiger partial charge in [-0.15, -0.1) is 0 Å². The third kappa shape index (κ3) is 45.4. The number of carbonyl (C=O) groups excluding carboxylic acids is 1. The molecule has 52 heavy (non-hydrogen) atoms. The average Bonchev–Trinajstić information content (AvgIpc) is 3.11.